The van der Waals surface area contributed by atoms with Crippen molar-refractivity contribution in [3.63, 3.8) is 0 Å². The molecule has 8 nitrogen and oxygen atoms in total. The van der Waals surface area contributed by atoms with E-state index in [-0.39, 0.29) is 0 Å². The minimum atomic E-state index is 0.683. The molecule has 1 saturated heterocycles. The van der Waals surface area contributed by atoms with E-state index in [9.17, 15) is 0 Å². The highest BCUT2D eigenvalue weighted by molar-refractivity contribution is 7.13. The van der Waals surface area contributed by atoms with E-state index in [2.05, 4.69) is 30.3 Å². The van der Waals surface area contributed by atoms with Gasteiger partial charge in [-0.25, -0.2) is 0 Å². The predicted octanol–water partition coefficient (Wildman–Crippen LogP) is 1.24. The van der Waals surface area contributed by atoms with Crippen molar-refractivity contribution >= 4 is 11.3 Å². The van der Waals surface area contributed by atoms with Crippen LogP contribution in [0.15, 0.2) is 28.2 Å². The molecule has 9 heteroatoms. The van der Waals surface area contributed by atoms with Gasteiger partial charge in [0.15, 0.2) is 0 Å². The van der Waals surface area contributed by atoms with Crippen LogP contribution in [0.25, 0.3) is 10.7 Å². The molecule has 0 spiro atoms. The first-order chi connectivity index (χ1) is 11.8. The van der Waals surface area contributed by atoms with Crippen LogP contribution in [0.5, 0.6) is 0 Å². The van der Waals surface area contributed by atoms with Crippen molar-refractivity contribution in [2.45, 2.75) is 13.1 Å². The lowest BCUT2D eigenvalue weighted by Gasteiger charge is -2.33. The zero-order valence-corrected chi connectivity index (χ0v) is 14.3. The van der Waals surface area contributed by atoms with Gasteiger partial charge >= 0.3 is 0 Å². The Bertz CT molecular complexity index is 773. The molecule has 0 saturated carbocycles. The smallest absolute Gasteiger partial charge is 0.241 e. The summed E-state index contributed by atoms with van der Waals surface area (Å²) in [5, 5.41) is 14.0. The van der Waals surface area contributed by atoms with Gasteiger partial charge in [-0.05, 0) is 11.4 Å². The normalized spacial score (nSPS) is 16.7. The summed E-state index contributed by atoms with van der Waals surface area (Å²) in [4.78, 5) is 10.3. The molecule has 3 aromatic rings. The Morgan fingerprint density at radius 1 is 1.17 bits per heavy atom. The van der Waals surface area contributed by atoms with Crippen molar-refractivity contribution in [2.75, 3.05) is 26.2 Å². The van der Waals surface area contributed by atoms with Crippen molar-refractivity contribution in [1.29, 1.82) is 0 Å². The van der Waals surface area contributed by atoms with Crippen molar-refractivity contribution in [2.24, 2.45) is 7.05 Å². The average Bonchev–Trinajstić information content (AvgIpc) is 3.32. The van der Waals surface area contributed by atoms with Crippen molar-refractivity contribution in [3.8, 4) is 10.7 Å². The molecular weight excluding hydrogens is 326 g/mol. The Morgan fingerprint density at radius 2 is 1.96 bits per heavy atom. The molecule has 1 aliphatic heterocycles. The van der Waals surface area contributed by atoms with Gasteiger partial charge in [0.2, 0.25) is 11.7 Å². The summed E-state index contributed by atoms with van der Waals surface area (Å²) in [5.74, 6) is 1.37. The van der Waals surface area contributed by atoms with Crippen LogP contribution in [-0.4, -0.2) is 61.1 Å². The number of hydrogen-bond donors (Lipinski definition) is 0. The second-order valence-corrected chi connectivity index (χ2v) is 6.84. The van der Waals surface area contributed by atoms with Gasteiger partial charge in [0.25, 0.3) is 0 Å². The lowest BCUT2D eigenvalue weighted by molar-refractivity contribution is 0.110. The van der Waals surface area contributed by atoms with Crippen LogP contribution >= 0.6 is 11.3 Å². The quantitative estimate of drug-likeness (QED) is 0.689. The number of rotatable bonds is 5. The molecule has 4 rings (SSSR count). The maximum atomic E-state index is 5.39. The van der Waals surface area contributed by atoms with E-state index >= 15 is 0 Å². The van der Waals surface area contributed by atoms with Gasteiger partial charge in [-0.2, -0.15) is 4.98 Å². The number of piperazine rings is 1. The largest absolute Gasteiger partial charge is 0.338 e. The van der Waals surface area contributed by atoms with Gasteiger partial charge in [-0.15, -0.1) is 16.4 Å². The molecule has 1 aliphatic rings. The van der Waals surface area contributed by atoms with Crippen LogP contribution in [0, 0.1) is 0 Å². The fourth-order valence-electron chi connectivity index (χ4n) is 2.80. The molecule has 4 heterocycles. The molecule has 0 atom stereocenters. The summed E-state index contributed by atoms with van der Waals surface area (Å²) in [7, 11) is 1.93. The topological polar surface area (TPSA) is 76.1 Å². The Morgan fingerprint density at radius 3 is 2.62 bits per heavy atom. The molecular formula is C15H19N7OS. The summed E-state index contributed by atoms with van der Waals surface area (Å²) >= 11 is 1.62. The Kier molecular flexibility index (Phi) is 4.37. The van der Waals surface area contributed by atoms with Gasteiger partial charge in [0.1, 0.15) is 0 Å². The van der Waals surface area contributed by atoms with Crippen LogP contribution in [0.4, 0.5) is 0 Å². The van der Waals surface area contributed by atoms with Crippen LogP contribution in [-0.2, 0) is 20.1 Å². The monoisotopic (exact) mass is 345 g/mol. The third-order valence-corrected chi connectivity index (χ3v) is 5.09. The first kappa shape index (κ1) is 15.4. The highest BCUT2D eigenvalue weighted by Gasteiger charge is 2.20. The number of aryl methyl sites for hydroxylation is 1. The van der Waals surface area contributed by atoms with Crippen molar-refractivity contribution in [1.82, 2.24) is 34.9 Å². The lowest BCUT2D eigenvalue weighted by atomic mass is 10.3. The minimum Gasteiger partial charge on any atom is -0.338 e. The fourth-order valence-corrected chi connectivity index (χ4v) is 3.45. The summed E-state index contributed by atoms with van der Waals surface area (Å²) in [6.45, 7) is 5.60. The molecule has 0 aromatic carbocycles. The van der Waals surface area contributed by atoms with Crippen molar-refractivity contribution in [3.05, 3.63) is 35.3 Å². The van der Waals surface area contributed by atoms with Crippen LogP contribution < -0.4 is 0 Å². The molecule has 3 aromatic heterocycles. The van der Waals surface area contributed by atoms with Crippen LogP contribution in [0.1, 0.15) is 11.6 Å². The van der Waals surface area contributed by atoms with Crippen LogP contribution in [0.3, 0.4) is 0 Å². The minimum absolute atomic E-state index is 0.683. The standard InChI is InChI=1S/C15H19N7OS/c1-20-12(9-16-19-20)10-21-4-6-22(7-5-21)11-14-17-15(18-23-14)13-3-2-8-24-13/h2-3,8-9H,4-7,10-11H2,1H3. The maximum Gasteiger partial charge on any atom is 0.241 e. The SMILES string of the molecule is Cn1nncc1CN1CCN(Cc2nc(-c3cccs3)no2)CC1. The number of aromatic nitrogens is 5. The molecule has 0 N–H and O–H groups in total. The van der Waals surface area contributed by atoms with Gasteiger partial charge < -0.3 is 4.52 Å². The average molecular weight is 345 g/mol. The molecule has 0 aliphatic carbocycles. The summed E-state index contributed by atoms with van der Waals surface area (Å²) in [6.07, 6.45) is 1.83. The van der Waals surface area contributed by atoms with Crippen LogP contribution in [0.2, 0.25) is 0 Å². The molecule has 1 fully saturated rings. The molecule has 126 valence electrons. The second-order valence-electron chi connectivity index (χ2n) is 5.89. The molecule has 0 radical (unpaired) electrons. The third-order valence-electron chi connectivity index (χ3n) is 4.23. The maximum absolute atomic E-state index is 5.39. The number of thiophene rings is 1. The summed E-state index contributed by atoms with van der Waals surface area (Å²) in [5.41, 5.74) is 1.14. The van der Waals surface area contributed by atoms with E-state index in [0.29, 0.717) is 18.3 Å². The Balaban J connectivity index is 1.30. The number of hydrogen-bond acceptors (Lipinski definition) is 8. The molecule has 24 heavy (non-hydrogen) atoms. The fraction of sp³-hybridized carbons (Fsp3) is 0.467. The predicted molar refractivity (Wildman–Crippen MR) is 89.2 cm³/mol. The first-order valence-corrected chi connectivity index (χ1v) is 8.80. The van der Waals surface area contributed by atoms with E-state index in [4.69, 9.17) is 4.52 Å². The van der Waals surface area contributed by atoms with E-state index < -0.39 is 0 Å². The first-order valence-electron chi connectivity index (χ1n) is 7.92. The zero-order chi connectivity index (χ0) is 16.4. The van der Waals surface area contributed by atoms with Gasteiger partial charge in [-0.3, -0.25) is 14.5 Å². The lowest BCUT2D eigenvalue weighted by Crippen LogP contribution is -2.45. The highest BCUT2D eigenvalue weighted by atomic mass is 32.1. The second kappa shape index (κ2) is 6.80. The Hall–Kier alpha value is -2.10. The molecule has 0 amide bonds. The summed E-state index contributed by atoms with van der Waals surface area (Å²) in [6, 6.07) is 4.00. The third kappa shape index (κ3) is 3.37. The van der Waals surface area contributed by atoms with E-state index in [0.717, 1.165) is 43.3 Å². The van der Waals surface area contributed by atoms with E-state index in [1.807, 2.05) is 35.4 Å². The molecule has 0 unspecified atom stereocenters. The van der Waals surface area contributed by atoms with Crippen molar-refractivity contribution < 1.29 is 4.52 Å². The number of nitrogens with zero attached hydrogens (tertiary/aromatic N) is 7. The Labute approximate surface area is 143 Å². The molecule has 0 bridgehead atoms. The summed E-state index contributed by atoms with van der Waals surface area (Å²) < 4.78 is 7.22. The van der Waals surface area contributed by atoms with Gasteiger partial charge in [-0.1, -0.05) is 16.4 Å². The zero-order valence-electron chi connectivity index (χ0n) is 13.5. The van der Waals surface area contributed by atoms with E-state index in [1.165, 1.54) is 0 Å². The highest BCUT2D eigenvalue weighted by Crippen LogP contribution is 2.21. The van der Waals surface area contributed by atoms with Gasteiger partial charge in [0.05, 0.1) is 23.3 Å². The van der Waals surface area contributed by atoms with Gasteiger partial charge in [0, 0.05) is 39.8 Å². The van der Waals surface area contributed by atoms with E-state index in [1.54, 1.807) is 11.3 Å².